The van der Waals surface area contributed by atoms with E-state index in [1.54, 1.807) is 18.6 Å². The SMILES string of the molecule is N[C@@H]1c2ccnn2CC12CCN(c1cnc(Sc3ccnc(C(F)(F)F)c3Cl)cn1)CC2. The molecule has 0 aromatic carbocycles. The first kappa shape index (κ1) is 21.5. The summed E-state index contributed by atoms with van der Waals surface area (Å²) in [5.74, 6) is 0.727. The van der Waals surface area contributed by atoms with Crippen molar-refractivity contribution in [1.29, 1.82) is 0 Å². The fourth-order valence-corrected chi connectivity index (χ4v) is 5.53. The topological polar surface area (TPSA) is 85.8 Å². The van der Waals surface area contributed by atoms with Crippen LogP contribution in [0.1, 0.15) is 30.3 Å². The summed E-state index contributed by atoms with van der Waals surface area (Å²) in [6.45, 7) is 2.42. The lowest BCUT2D eigenvalue weighted by Crippen LogP contribution is -2.45. The third kappa shape index (κ3) is 3.71. The summed E-state index contributed by atoms with van der Waals surface area (Å²) >= 11 is 6.94. The number of anilines is 1. The molecule has 1 saturated heterocycles. The Morgan fingerprint density at radius 3 is 2.53 bits per heavy atom. The van der Waals surface area contributed by atoms with Crippen molar-refractivity contribution in [1.82, 2.24) is 24.7 Å². The first-order valence-corrected chi connectivity index (χ1v) is 11.2. The minimum absolute atomic E-state index is 0.0115. The van der Waals surface area contributed by atoms with E-state index in [2.05, 4.69) is 25.0 Å². The average molecular weight is 482 g/mol. The molecule has 0 unspecified atom stereocenters. The van der Waals surface area contributed by atoms with Crippen molar-refractivity contribution < 1.29 is 13.2 Å². The third-order valence-electron chi connectivity index (χ3n) is 6.23. The van der Waals surface area contributed by atoms with Crippen LogP contribution in [-0.4, -0.2) is 37.8 Å². The number of nitrogens with two attached hydrogens (primary N) is 1. The number of nitrogens with zero attached hydrogens (tertiary/aromatic N) is 6. The molecule has 2 aliphatic rings. The molecule has 1 atom stereocenters. The second-order valence-electron chi connectivity index (χ2n) is 8.03. The van der Waals surface area contributed by atoms with Crippen LogP contribution in [0.3, 0.4) is 0 Å². The van der Waals surface area contributed by atoms with E-state index in [9.17, 15) is 13.2 Å². The van der Waals surface area contributed by atoms with Gasteiger partial charge in [-0.25, -0.2) is 9.97 Å². The Balaban J connectivity index is 1.25. The first-order chi connectivity index (χ1) is 15.3. The molecule has 3 aromatic rings. The van der Waals surface area contributed by atoms with Gasteiger partial charge in [-0.3, -0.25) is 9.67 Å². The third-order valence-corrected chi connectivity index (χ3v) is 7.70. The number of piperidine rings is 1. The molecule has 0 amide bonds. The van der Waals surface area contributed by atoms with Crippen LogP contribution in [0.2, 0.25) is 5.02 Å². The molecule has 0 bridgehead atoms. The Bertz CT molecular complexity index is 1130. The second-order valence-corrected chi connectivity index (χ2v) is 9.47. The lowest BCUT2D eigenvalue weighted by molar-refractivity contribution is -0.141. The number of aromatic nitrogens is 5. The highest BCUT2D eigenvalue weighted by molar-refractivity contribution is 7.99. The van der Waals surface area contributed by atoms with Gasteiger partial charge in [0.25, 0.3) is 0 Å². The maximum atomic E-state index is 13.0. The molecule has 0 aliphatic carbocycles. The minimum atomic E-state index is -4.62. The van der Waals surface area contributed by atoms with Crippen LogP contribution >= 0.6 is 23.4 Å². The number of rotatable bonds is 3. The van der Waals surface area contributed by atoms with E-state index in [0.717, 1.165) is 61.9 Å². The van der Waals surface area contributed by atoms with Crippen LogP contribution in [0.25, 0.3) is 0 Å². The molecular weight excluding hydrogens is 463 g/mol. The van der Waals surface area contributed by atoms with Gasteiger partial charge in [-0.05, 0) is 25.0 Å². The molecule has 5 heterocycles. The van der Waals surface area contributed by atoms with Crippen LogP contribution in [-0.2, 0) is 12.7 Å². The highest BCUT2D eigenvalue weighted by Crippen LogP contribution is 2.48. The number of hydrogen-bond acceptors (Lipinski definition) is 7. The largest absolute Gasteiger partial charge is 0.434 e. The molecule has 3 aromatic heterocycles. The van der Waals surface area contributed by atoms with E-state index in [-0.39, 0.29) is 16.4 Å². The molecule has 12 heteroatoms. The van der Waals surface area contributed by atoms with E-state index in [1.807, 2.05) is 10.7 Å². The molecule has 2 N–H and O–H groups in total. The maximum absolute atomic E-state index is 13.0. The predicted octanol–water partition coefficient (Wildman–Crippen LogP) is 4.19. The van der Waals surface area contributed by atoms with Crippen LogP contribution in [0, 0.1) is 5.41 Å². The molecular formula is C20H19ClF3N7S. The normalized spacial score (nSPS) is 20.0. The number of alkyl halides is 3. The van der Waals surface area contributed by atoms with Crippen LogP contribution in [0.4, 0.5) is 19.0 Å². The van der Waals surface area contributed by atoms with Crippen LogP contribution < -0.4 is 10.6 Å². The van der Waals surface area contributed by atoms with Crippen molar-refractivity contribution in [3.8, 4) is 0 Å². The summed E-state index contributed by atoms with van der Waals surface area (Å²) in [5.41, 5.74) is 6.52. The van der Waals surface area contributed by atoms with E-state index in [4.69, 9.17) is 17.3 Å². The van der Waals surface area contributed by atoms with Gasteiger partial charge in [-0.15, -0.1) is 0 Å². The van der Waals surface area contributed by atoms with Gasteiger partial charge in [0.1, 0.15) is 10.8 Å². The fourth-order valence-electron chi connectivity index (χ4n) is 4.44. The lowest BCUT2D eigenvalue weighted by Gasteiger charge is -2.41. The molecule has 7 nitrogen and oxygen atoms in total. The van der Waals surface area contributed by atoms with E-state index < -0.39 is 16.9 Å². The number of pyridine rings is 1. The van der Waals surface area contributed by atoms with E-state index in [0.29, 0.717) is 5.03 Å². The Morgan fingerprint density at radius 1 is 1.09 bits per heavy atom. The van der Waals surface area contributed by atoms with Gasteiger partial charge in [0.05, 0.1) is 29.2 Å². The summed E-state index contributed by atoms with van der Waals surface area (Å²) in [6.07, 6.45) is 3.28. The Hall–Kier alpha value is -2.37. The van der Waals surface area contributed by atoms with Crippen LogP contribution in [0.15, 0.2) is 46.8 Å². The Kier molecular flexibility index (Phi) is 5.30. The standard InChI is InChI=1S/C20H19ClF3N7S/c21-16-13(2-5-26-18(16)20(22,23)24)32-15-10-27-14(9-28-15)30-7-3-19(4-8-30)11-31-12(17(19)25)1-6-29-31/h1-2,5-6,9-10,17H,3-4,7-8,11,25H2/t17-/m1/s1. The van der Waals surface area contributed by atoms with Crippen molar-refractivity contribution in [3.63, 3.8) is 0 Å². The van der Waals surface area contributed by atoms with Crippen molar-refractivity contribution >= 4 is 29.2 Å². The number of hydrogen-bond donors (Lipinski definition) is 1. The minimum Gasteiger partial charge on any atom is -0.355 e. The molecule has 5 rings (SSSR count). The van der Waals surface area contributed by atoms with Gasteiger partial charge in [0.15, 0.2) is 5.69 Å². The monoisotopic (exact) mass is 481 g/mol. The summed E-state index contributed by atoms with van der Waals surface area (Å²) < 4.78 is 41.1. The van der Waals surface area contributed by atoms with Gasteiger partial charge in [-0.1, -0.05) is 23.4 Å². The van der Waals surface area contributed by atoms with Gasteiger partial charge in [-0.2, -0.15) is 18.3 Å². The molecule has 32 heavy (non-hydrogen) atoms. The summed E-state index contributed by atoms with van der Waals surface area (Å²) in [4.78, 5) is 14.6. The van der Waals surface area contributed by atoms with Gasteiger partial charge < -0.3 is 10.6 Å². The zero-order valence-corrected chi connectivity index (χ0v) is 18.3. The lowest BCUT2D eigenvalue weighted by atomic mass is 9.73. The molecule has 0 saturated carbocycles. The summed E-state index contributed by atoms with van der Waals surface area (Å²) in [7, 11) is 0. The maximum Gasteiger partial charge on any atom is 0.434 e. The van der Waals surface area contributed by atoms with Crippen molar-refractivity contribution in [3.05, 3.63) is 53.3 Å². The van der Waals surface area contributed by atoms with E-state index in [1.165, 1.54) is 6.07 Å². The van der Waals surface area contributed by atoms with Gasteiger partial charge >= 0.3 is 6.18 Å². The number of halogens is 4. The average Bonchev–Trinajstić information content (AvgIpc) is 3.31. The van der Waals surface area contributed by atoms with E-state index >= 15 is 0 Å². The van der Waals surface area contributed by atoms with Crippen molar-refractivity contribution in [2.75, 3.05) is 18.0 Å². The van der Waals surface area contributed by atoms with Crippen LogP contribution in [0.5, 0.6) is 0 Å². The van der Waals surface area contributed by atoms with Gasteiger partial charge in [0, 0.05) is 42.3 Å². The first-order valence-electron chi connectivity index (χ1n) is 10.0. The summed E-state index contributed by atoms with van der Waals surface area (Å²) in [6, 6.07) is 3.39. The quantitative estimate of drug-likeness (QED) is 0.600. The van der Waals surface area contributed by atoms with Gasteiger partial charge in [0.2, 0.25) is 0 Å². The van der Waals surface area contributed by atoms with Crippen molar-refractivity contribution in [2.24, 2.45) is 11.1 Å². The molecule has 168 valence electrons. The highest BCUT2D eigenvalue weighted by atomic mass is 35.5. The molecule has 1 fully saturated rings. The fraction of sp³-hybridized carbons (Fsp3) is 0.400. The molecule has 2 aliphatic heterocycles. The smallest absolute Gasteiger partial charge is 0.355 e. The zero-order valence-electron chi connectivity index (χ0n) is 16.8. The summed E-state index contributed by atoms with van der Waals surface area (Å²) in [5, 5.41) is 4.38. The predicted molar refractivity (Wildman–Crippen MR) is 113 cm³/mol. The zero-order chi connectivity index (χ0) is 22.5. The Labute approximate surface area is 191 Å². The number of fused-ring (bicyclic) bond motifs is 1. The highest BCUT2D eigenvalue weighted by Gasteiger charge is 2.47. The Morgan fingerprint density at radius 2 is 1.88 bits per heavy atom. The second kappa shape index (κ2) is 7.89. The molecule has 1 spiro atoms. The molecule has 0 radical (unpaired) electrons. The van der Waals surface area contributed by atoms with Crippen molar-refractivity contribution in [2.45, 2.75) is 41.5 Å².